The normalized spacial score (nSPS) is 13.8. The predicted molar refractivity (Wildman–Crippen MR) is 153 cm³/mol. The van der Waals surface area contributed by atoms with Crippen molar-refractivity contribution in [3.8, 4) is 16.9 Å². The molecule has 3 heterocycles. The van der Waals surface area contributed by atoms with Crippen molar-refractivity contribution in [2.24, 2.45) is 0 Å². The number of hydrogen-bond donors (Lipinski definition) is 3. The van der Waals surface area contributed by atoms with Crippen LogP contribution in [0.5, 0.6) is 5.75 Å². The van der Waals surface area contributed by atoms with Gasteiger partial charge < -0.3 is 24.8 Å². The van der Waals surface area contributed by atoms with Gasteiger partial charge in [0.1, 0.15) is 23.5 Å². The van der Waals surface area contributed by atoms with E-state index >= 15 is 0 Å². The molecule has 3 N–H and O–H groups in total. The van der Waals surface area contributed by atoms with Crippen LogP contribution in [0.1, 0.15) is 6.92 Å². The van der Waals surface area contributed by atoms with E-state index in [9.17, 15) is 13.2 Å². The first kappa shape index (κ1) is 26.4. The molecule has 0 unspecified atom stereocenters. The van der Waals surface area contributed by atoms with Crippen LogP contribution in [-0.4, -0.2) is 72.6 Å². The number of nitrogens with zero attached hydrogens (tertiary/aromatic N) is 4. The highest BCUT2D eigenvalue weighted by atomic mass is 32.2. The number of amides is 1. The topological polar surface area (TPSA) is 133 Å². The Morgan fingerprint density at radius 3 is 2.36 bits per heavy atom. The van der Waals surface area contributed by atoms with Gasteiger partial charge in [-0.05, 0) is 54.2 Å². The number of benzene rings is 2. The Kier molecular flexibility index (Phi) is 7.35. The number of carbonyl (C=O) groups excluding carboxylic acids is 1. The molecule has 13 heteroatoms. The number of carbonyl (C=O) groups is 1. The molecule has 0 atom stereocenters. The zero-order chi connectivity index (χ0) is 27.6. The number of nitrogens with one attached hydrogen (secondary N) is 3. The van der Waals surface area contributed by atoms with Gasteiger partial charge in [-0.25, -0.2) is 18.4 Å². The second-order valence-electron chi connectivity index (χ2n) is 8.94. The number of anilines is 2. The van der Waals surface area contributed by atoms with Crippen molar-refractivity contribution < 1.29 is 17.9 Å². The minimum absolute atomic E-state index is 0.0551. The lowest BCUT2D eigenvalue weighted by molar-refractivity contribution is -0.114. The first-order valence-corrected chi connectivity index (χ1v) is 14.0. The molecule has 1 fully saturated rings. The minimum Gasteiger partial charge on any atom is -0.497 e. The quantitative estimate of drug-likeness (QED) is 0.302. The highest BCUT2D eigenvalue weighted by Crippen LogP contribution is 2.34. The van der Waals surface area contributed by atoms with Crippen LogP contribution in [0.15, 0.2) is 66.0 Å². The number of H-pyrrole nitrogens is 1. The molecular weight excluding hydrogens is 538 g/mol. The number of hydrogen-bond acceptors (Lipinski definition) is 8. The fourth-order valence-electron chi connectivity index (χ4n) is 4.46. The highest BCUT2D eigenvalue weighted by molar-refractivity contribution is 7.91. The fourth-order valence-corrected chi connectivity index (χ4v) is 5.95. The zero-order valence-corrected chi connectivity index (χ0v) is 23.0. The molecule has 2 aromatic carbocycles. The molecule has 11 nitrogen and oxygen atoms in total. The monoisotopic (exact) mass is 565 g/mol. The molecule has 0 bridgehead atoms. The van der Waals surface area contributed by atoms with Gasteiger partial charge in [-0.2, -0.15) is 0 Å². The molecule has 1 aliphatic rings. The molecule has 39 heavy (non-hydrogen) atoms. The second-order valence-corrected chi connectivity index (χ2v) is 11.0. The average Bonchev–Trinajstić information content (AvgIpc) is 3.37. The fraction of sp³-hybridized carbons (Fsp3) is 0.231. The number of sulfonamides is 1. The van der Waals surface area contributed by atoms with E-state index in [1.165, 1.54) is 37.5 Å². The predicted octanol–water partition coefficient (Wildman–Crippen LogP) is 2.98. The molecule has 0 saturated carbocycles. The number of ether oxygens (including phenoxy) is 1. The largest absolute Gasteiger partial charge is 0.497 e. The number of piperazine rings is 1. The van der Waals surface area contributed by atoms with Crippen LogP contribution in [0.25, 0.3) is 22.2 Å². The van der Waals surface area contributed by atoms with Crippen molar-refractivity contribution >= 4 is 55.8 Å². The summed E-state index contributed by atoms with van der Waals surface area (Å²) in [6, 6.07) is 13.7. The van der Waals surface area contributed by atoms with Crippen molar-refractivity contribution in [2.45, 2.75) is 11.8 Å². The summed E-state index contributed by atoms with van der Waals surface area (Å²) in [5.74, 6) is 1.34. The Balaban J connectivity index is 1.28. The maximum absolute atomic E-state index is 12.9. The molecule has 4 aromatic rings. The van der Waals surface area contributed by atoms with Crippen LogP contribution < -0.4 is 19.7 Å². The summed E-state index contributed by atoms with van der Waals surface area (Å²) in [7, 11) is -2.24. The molecule has 1 amide bonds. The van der Waals surface area contributed by atoms with E-state index in [-0.39, 0.29) is 15.9 Å². The van der Waals surface area contributed by atoms with Crippen LogP contribution >= 0.6 is 12.2 Å². The molecule has 1 saturated heterocycles. The Labute approximate surface area is 231 Å². The van der Waals surface area contributed by atoms with E-state index in [0.717, 1.165) is 33.7 Å². The van der Waals surface area contributed by atoms with Gasteiger partial charge in [0, 0.05) is 50.6 Å². The van der Waals surface area contributed by atoms with Crippen LogP contribution in [0.2, 0.25) is 0 Å². The van der Waals surface area contributed by atoms with Crippen molar-refractivity contribution in [2.75, 3.05) is 43.5 Å². The van der Waals surface area contributed by atoms with Crippen molar-refractivity contribution in [1.29, 1.82) is 0 Å². The molecular formula is C26H27N7O4S2. The van der Waals surface area contributed by atoms with Gasteiger partial charge in [0.25, 0.3) is 10.0 Å². The summed E-state index contributed by atoms with van der Waals surface area (Å²) in [6.07, 6.45) is 3.46. The van der Waals surface area contributed by atoms with E-state index in [1.54, 1.807) is 7.11 Å². The molecule has 0 spiro atoms. The highest BCUT2D eigenvalue weighted by Gasteiger charge is 2.26. The van der Waals surface area contributed by atoms with E-state index in [1.807, 2.05) is 35.4 Å². The van der Waals surface area contributed by atoms with Gasteiger partial charge in [-0.3, -0.25) is 9.52 Å². The Bertz CT molecular complexity index is 1610. The summed E-state index contributed by atoms with van der Waals surface area (Å²) in [4.78, 5) is 27.5. The lowest BCUT2D eigenvalue weighted by Crippen LogP contribution is -2.52. The number of rotatable bonds is 6. The van der Waals surface area contributed by atoms with Crippen LogP contribution in [-0.2, 0) is 14.8 Å². The average molecular weight is 566 g/mol. The van der Waals surface area contributed by atoms with Crippen LogP contribution in [0, 0.1) is 0 Å². The van der Waals surface area contributed by atoms with Gasteiger partial charge in [-0.1, -0.05) is 12.1 Å². The summed E-state index contributed by atoms with van der Waals surface area (Å²) in [5.41, 5.74) is 3.24. The minimum atomic E-state index is -3.88. The molecule has 1 aliphatic heterocycles. The van der Waals surface area contributed by atoms with Crippen LogP contribution in [0.3, 0.4) is 0 Å². The first-order valence-electron chi connectivity index (χ1n) is 12.2. The molecule has 202 valence electrons. The van der Waals surface area contributed by atoms with Gasteiger partial charge in [0.15, 0.2) is 5.11 Å². The third-order valence-corrected chi connectivity index (χ3v) is 8.27. The molecule has 2 aromatic heterocycles. The molecule has 5 rings (SSSR count). The van der Waals surface area contributed by atoms with Crippen molar-refractivity contribution in [1.82, 2.24) is 24.6 Å². The number of aromatic nitrogens is 3. The van der Waals surface area contributed by atoms with Gasteiger partial charge in [0.05, 0.1) is 17.4 Å². The SMILES string of the molecule is COc1ccc(-c2c[nH]c3ncnc(N4CCN(C(=S)NS(=O)(=O)c5ccc(NC(C)=O)cc5)CC4)c23)cc1. The smallest absolute Gasteiger partial charge is 0.263 e. The molecule has 0 aliphatic carbocycles. The maximum atomic E-state index is 12.9. The van der Waals surface area contributed by atoms with E-state index in [2.05, 4.69) is 29.9 Å². The van der Waals surface area contributed by atoms with Crippen molar-refractivity contribution in [3.63, 3.8) is 0 Å². The Morgan fingerprint density at radius 1 is 1.03 bits per heavy atom. The standard InChI is InChI=1S/C26H27N7O4S2/c1-17(34)30-19-5-9-21(10-6-19)39(35,36)31-26(38)33-13-11-32(12-14-33)25-23-22(15-27-24(23)28-16-29-25)18-3-7-20(37-2)8-4-18/h3-10,15-16H,11-14H2,1-2H3,(H,30,34)(H,31,38)(H,27,28,29). The maximum Gasteiger partial charge on any atom is 0.263 e. The third-order valence-electron chi connectivity index (χ3n) is 6.42. The molecule has 0 radical (unpaired) electrons. The van der Waals surface area contributed by atoms with E-state index < -0.39 is 10.0 Å². The lowest BCUT2D eigenvalue weighted by atomic mass is 10.1. The van der Waals surface area contributed by atoms with Crippen LogP contribution in [0.4, 0.5) is 11.5 Å². The summed E-state index contributed by atoms with van der Waals surface area (Å²) >= 11 is 5.45. The van der Waals surface area contributed by atoms with Gasteiger partial charge >= 0.3 is 0 Å². The van der Waals surface area contributed by atoms with Crippen molar-refractivity contribution in [3.05, 3.63) is 61.1 Å². The summed E-state index contributed by atoms with van der Waals surface area (Å²) in [5, 5.41) is 3.66. The summed E-state index contributed by atoms with van der Waals surface area (Å²) < 4.78 is 33.6. The number of fused-ring (bicyclic) bond motifs is 1. The Hall–Kier alpha value is -4.23. The lowest BCUT2D eigenvalue weighted by Gasteiger charge is -2.36. The zero-order valence-electron chi connectivity index (χ0n) is 21.3. The van der Waals surface area contributed by atoms with E-state index in [0.29, 0.717) is 31.9 Å². The number of aromatic amines is 1. The van der Waals surface area contributed by atoms with E-state index in [4.69, 9.17) is 17.0 Å². The van der Waals surface area contributed by atoms with Gasteiger partial charge in [0.2, 0.25) is 5.91 Å². The third kappa shape index (κ3) is 5.64. The Morgan fingerprint density at radius 2 is 1.72 bits per heavy atom. The first-order chi connectivity index (χ1) is 18.7. The van der Waals surface area contributed by atoms with Gasteiger partial charge in [-0.15, -0.1) is 0 Å². The summed E-state index contributed by atoms with van der Waals surface area (Å²) in [6.45, 7) is 3.59. The number of thiocarbonyl (C=S) groups is 1. The second kappa shape index (κ2) is 10.9. The number of methoxy groups -OCH3 is 1.